The van der Waals surface area contributed by atoms with Gasteiger partial charge in [-0.05, 0) is 52.5 Å². The topological polar surface area (TPSA) is 45.3 Å². The number of likely N-dealkylation sites (tertiary alicyclic amines) is 1. The van der Waals surface area contributed by atoms with Crippen LogP contribution in [0.15, 0.2) is 41.0 Å². The van der Waals surface area contributed by atoms with Gasteiger partial charge in [0.1, 0.15) is 11.4 Å². The van der Waals surface area contributed by atoms with Crippen molar-refractivity contribution in [2.24, 2.45) is 0 Å². The van der Waals surface area contributed by atoms with Crippen LogP contribution in [0.2, 0.25) is 0 Å². The summed E-state index contributed by atoms with van der Waals surface area (Å²) in [6.07, 6.45) is 3.79. The number of H-pyrrole nitrogens is 1. The first-order valence-electron chi connectivity index (χ1n) is 6.98. The number of halogens is 1. The lowest BCUT2D eigenvalue weighted by Gasteiger charge is -2.25. The molecule has 5 heteroatoms. The van der Waals surface area contributed by atoms with Gasteiger partial charge < -0.3 is 14.6 Å². The quantitative estimate of drug-likeness (QED) is 0.917. The molecule has 1 saturated heterocycles. The molecule has 1 N–H and O–H groups in total. The van der Waals surface area contributed by atoms with Crippen LogP contribution >= 0.6 is 15.9 Å². The van der Waals surface area contributed by atoms with Gasteiger partial charge in [0.2, 0.25) is 0 Å². The number of hydrogen-bond donors (Lipinski definition) is 1. The predicted molar refractivity (Wildman–Crippen MR) is 84.5 cm³/mol. The molecule has 0 aliphatic carbocycles. The van der Waals surface area contributed by atoms with E-state index < -0.39 is 0 Å². The largest absolute Gasteiger partial charge is 0.497 e. The summed E-state index contributed by atoms with van der Waals surface area (Å²) in [5.74, 6) is 0.875. The van der Waals surface area contributed by atoms with Crippen LogP contribution in [0.1, 0.15) is 34.9 Å². The Morgan fingerprint density at radius 2 is 2.29 bits per heavy atom. The monoisotopic (exact) mass is 348 g/mol. The lowest BCUT2D eigenvalue weighted by atomic mass is 10.0. The highest BCUT2D eigenvalue weighted by molar-refractivity contribution is 9.10. The minimum atomic E-state index is 0.0472. The summed E-state index contributed by atoms with van der Waals surface area (Å²) < 4.78 is 6.17. The second-order valence-electron chi connectivity index (χ2n) is 5.16. The summed E-state index contributed by atoms with van der Waals surface area (Å²) in [5.41, 5.74) is 1.75. The van der Waals surface area contributed by atoms with Gasteiger partial charge in [-0.25, -0.2) is 0 Å². The molecule has 2 aromatic rings. The summed E-state index contributed by atoms with van der Waals surface area (Å²) in [5, 5.41) is 0. The van der Waals surface area contributed by atoms with Crippen molar-refractivity contribution in [1.82, 2.24) is 9.88 Å². The molecule has 1 amide bonds. The van der Waals surface area contributed by atoms with Crippen LogP contribution in [-0.4, -0.2) is 29.4 Å². The molecule has 21 heavy (non-hydrogen) atoms. The maximum Gasteiger partial charge on any atom is 0.270 e. The summed E-state index contributed by atoms with van der Waals surface area (Å²) in [6, 6.07) is 9.91. The maximum atomic E-state index is 12.6. The molecule has 1 aliphatic heterocycles. The fourth-order valence-electron chi connectivity index (χ4n) is 2.85. The van der Waals surface area contributed by atoms with Gasteiger partial charge in [-0.3, -0.25) is 4.79 Å². The SMILES string of the molecule is COc1cccc(C2CCCN2C(=O)c2cc(Br)c[nH]2)c1. The zero-order chi connectivity index (χ0) is 14.8. The van der Waals surface area contributed by atoms with Crippen molar-refractivity contribution in [1.29, 1.82) is 0 Å². The maximum absolute atomic E-state index is 12.6. The number of aromatic amines is 1. The Labute approximate surface area is 132 Å². The number of nitrogens with one attached hydrogen (secondary N) is 1. The van der Waals surface area contributed by atoms with E-state index in [4.69, 9.17) is 4.74 Å². The number of carbonyl (C=O) groups excluding carboxylic acids is 1. The summed E-state index contributed by atoms with van der Waals surface area (Å²) in [4.78, 5) is 17.6. The van der Waals surface area contributed by atoms with E-state index in [1.165, 1.54) is 0 Å². The third-order valence-electron chi connectivity index (χ3n) is 3.87. The van der Waals surface area contributed by atoms with E-state index in [0.717, 1.165) is 35.2 Å². The Kier molecular flexibility index (Phi) is 4.01. The second-order valence-corrected chi connectivity index (χ2v) is 6.08. The zero-order valence-electron chi connectivity index (χ0n) is 11.8. The van der Waals surface area contributed by atoms with Gasteiger partial charge in [-0.15, -0.1) is 0 Å². The van der Waals surface area contributed by atoms with Gasteiger partial charge in [0.25, 0.3) is 5.91 Å². The molecule has 0 saturated carbocycles. The lowest BCUT2D eigenvalue weighted by molar-refractivity contribution is 0.0730. The first-order chi connectivity index (χ1) is 10.2. The second kappa shape index (κ2) is 5.93. The van der Waals surface area contributed by atoms with Gasteiger partial charge in [0.15, 0.2) is 0 Å². The molecule has 2 heterocycles. The van der Waals surface area contributed by atoms with Crippen LogP contribution in [-0.2, 0) is 0 Å². The first-order valence-corrected chi connectivity index (χ1v) is 7.77. The van der Waals surface area contributed by atoms with E-state index in [1.54, 1.807) is 13.3 Å². The van der Waals surface area contributed by atoms with Crippen molar-refractivity contribution in [2.45, 2.75) is 18.9 Å². The molecule has 0 bridgehead atoms. The minimum Gasteiger partial charge on any atom is -0.497 e. The number of benzene rings is 1. The van der Waals surface area contributed by atoms with Crippen molar-refractivity contribution in [2.75, 3.05) is 13.7 Å². The van der Waals surface area contributed by atoms with Crippen molar-refractivity contribution < 1.29 is 9.53 Å². The highest BCUT2D eigenvalue weighted by atomic mass is 79.9. The third-order valence-corrected chi connectivity index (χ3v) is 4.33. The van der Waals surface area contributed by atoms with Crippen LogP contribution in [0.25, 0.3) is 0 Å². The molecule has 1 aromatic carbocycles. The van der Waals surface area contributed by atoms with E-state index in [9.17, 15) is 4.79 Å². The van der Waals surface area contributed by atoms with Gasteiger partial charge in [-0.2, -0.15) is 0 Å². The molecule has 1 fully saturated rings. The highest BCUT2D eigenvalue weighted by Gasteiger charge is 2.31. The summed E-state index contributed by atoms with van der Waals surface area (Å²) in [7, 11) is 1.66. The number of amides is 1. The Morgan fingerprint density at radius 1 is 1.43 bits per heavy atom. The standard InChI is InChI=1S/C16H17BrN2O2/c1-21-13-5-2-4-11(8-13)15-6-3-7-19(15)16(20)14-9-12(17)10-18-14/h2,4-5,8-10,15,18H,3,6-7H2,1H3. The van der Waals surface area contributed by atoms with Gasteiger partial charge in [-0.1, -0.05) is 12.1 Å². The summed E-state index contributed by atoms with van der Waals surface area (Å²) in [6.45, 7) is 0.789. The third kappa shape index (κ3) is 2.83. The van der Waals surface area contributed by atoms with E-state index in [1.807, 2.05) is 29.2 Å². The molecular formula is C16H17BrN2O2. The Morgan fingerprint density at radius 3 is 3.00 bits per heavy atom. The Bertz CT molecular complexity index is 653. The van der Waals surface area contributed by atoms with Crippen LogP contribution in [0, 0.1) is 0 Å². The Balaban J connectivity index is 1.86. The number of nitrogens with zero attached hydrogens (tertiary/aromatic N) is 1. The average Bonchev–Trinajstić information content (AvgIpc) is 3.15. The van der Waals surface area contributed by atoms with E-state index in [2.05, 4.69) is 27.0 Å². The molecule has 1 atom stereocenters. The van der Waals surface area contributed by atoms with Crippen LogP contribution in [0.5, 0.6) is 5.75 Å². The number of aromatic nitrogens is 1. The molecular weight excluding hydrogens is 332 g/mol. The molecule has 3 rings (SSSR count). The van der Waals surface area contributed by atoms with Gasteiger partial charge >= 0.3 is 0 Å². The fourth-order valence-corrected chi connectivity index (χ4v) is 3.19. The van der Waals surface area contributed by atoms with E-state index in [0.29, 0.717) is 5.69 Å². The van der Waals surface area contributed by atoms with E-state index >= 15 is 0 Å². The van der Waals surface area contributed by atoms with Crippen LogP contribution in [0.4, 0.5) is 0 Å². The Hall–Kier alpha value is -1.75. The van der Waals surface area contributed by atoms with Crippen molar-refractivity contribution in [3.63, 3.8) is 0 Å². The predicted octanol–water partition coefficient (Wildman–Crippen LogP) is 3.76. The molecule has 1 unspecified atom stereocenters. The average molecular weight is 349 g/mol. The van der Waals surface area contributed by atoms with Crippen LogP contribution < -0.4 is 4.74 Å². The fraction of sp³-hybridized carbons (Fsp3) is 0.312. The van der Waals surface area contributed by atoms with Gasteiger partial charge in [0.05, 0.1) is 13.2 Å². The number of ether oxygens (including phenoxy) is 1. The van der Waals surface area contributed by atoms with E-state index in [-0.39, 0.29) is 11.9 Å². The molecule has 110 valence electrons. The molecule has 0 spiro atoms. The summed E-state index contributed by atoms with van der Waals surface area (Å²) >= 11 is 3.37. The zero-order valence-corrected chi connectivity index (χ0v) is 13.4. The smallest absolute Gasteiger partial charge is 0.270 e. The normalized spacial score (nSPS) is 18.0. The first kappa shape index (κ1) is 14.2. The number of methoxy groups -OCH3 is 1. The number of hydrogen-bond acceptors (Lipinski definition) is 2. The minimum absolute atomic E-state index is 0.0472. The number of carbonyl (C=O) groups is 1. The molecule has 4 nitrogen and oxygen atoms in total. The molecule has 1 aliphatic rings. The van der Waals surface area contributed by atoms with Crippen molar-refractivity contribution in [3.05, 3.63) is 52.3 Å². The van der Waals surface area contributed by atoms with Crippen LogP contribution in [0.3, 0.4) is 0 Å². The van der Waals surface area contributed by atoms with Crippen molar-refractivity contribution in [3.8, 4) is 5.75 Å². The van der Waals surface area contributed by atoms with Gasteiger partial charge in [0, 0.05) is 17.2 Å². The number of rotatable bonds is 3. The highest BCUT2D eigenvalue weighted by Crippen LogP contribution is 2.34. The lowest BCUT2D eigenvalue weighted by Crippen LogP contribution is -2.30. The van der Waals surface area contributed by atoms with Crippen molar-refractivity contribution >= 4 is 21.8 Å². The molecule has 0 radical (unpaired) electrons. The molecule has 1 aromatic heterocycles.